The predicted octanol–water partition coefficient (Wildman–Crippen LogP) is 2.42. The van der Waals surface area contributed by atoms with Gasteiger partial charge in [-0.1, -0.05) is 32.1 Å². The first-order chi connectivity index (χ1) is 11.6. The van der Waals surface area contributed by atoms with E-state index in [9.17, 15) is 9.90 Å². The van der Waals surface area contributed by atoms with Gasteiger partial charge in [0.05, 0.1) is 0 Å². The number of phenolic OH excluding ortho intramolecular Hbond substituents is 1. The molecule has 1 aromatic carbocycles. The molecule has 0 radical (unpaired) electrons. The highest BCUT2D eigenvalue weighted by Crippen LogP contribution is 2.30. The second-order valence-corrected chi connectivity index (χ2v) is 6.51. The zero-order chi connectivity index (χ0) is 17.4. The van der Waals surface area contributed by atoms with E-state index in [2.05, 4.69) is 10.6 Å². The van der Waals surface area contributed by atoms with Crippen molar-refractivity contribution in [3.05, 3.63) is 24.3 Å². The summed E-state index contributed by atoms with van der Waals surface area (Å²) < 4.78 is 5.78. The molecule has 132 valence electrons. The molecule has 1 unspecified atom stereocenters. The third-order valence-corrected chi connectivity index (χ3v) is 4.56. The number of rotatable bonds is 7. The smallest absolute Gasteiger partial charge is 0.189 e. The Kier molecular flexibility index (Phi) is 6.46. The fourth-order valence-corrected chi connectivity index (χ4v) is 3.23. The van der Waals surface area contributed by atoms with Crippen molar-refractivity contribution in [2.75, 3.05) is 13.7 Å². The molecule has 0 aromatic heterocycles. The van der Waals surface area contributed by atoms with Crippen molar-refractivity contribution >= 4 is 12.2 Å². The minimum absolute atomic E-state index is 0.104. The SMILES string of the molecule is CNC(=N)NC(C=O)(COc1ccc(O)cc1)CC1CCCCC1. The zero-order valence-corrected chi connectivity index (χ0v) is 14.2. The van der Waals surface area contributed by atoms with Crippen LogP contribution in [0, 0.1) is 11.3 Å². The van der Waals surface area contributed by atoms with Crippen molar-refractivity contribution in [3.63, 3.8) is 0 Å². The number of ether oxygens (including phenoxy) is 1. The lowest BCUT2D eigenvalue weighted by Gasteiger charge is -2.34. The lowest BCUT2D eigenvalue weighted by atomic mass is 9.80. The van der Waals surface area contributed by atoms with Crippen molar-refractivity contribution in [1.82, 2.24) is 10.6 Å². The molecule has 1 fully saturated rings. The molecule has 0 spiro atoms. The molecule has 6 heteroatoms. The van der Waals surface area contributed by atoms with Gasteiger partial charge in [-0.2, -0.15) is 0 Å². The third kappa shape index (κ3) is 5.15. The molecule has 1 aliphatic rings. The minimum atomic E-state index is -0.931. The molecular formula is C18H27N3O3. The van der Waals surface area contributed by atoms with Gasteiger partial charge in [-0.15, -0.1) is 0 Å². The van der Waals surface area contributed by atoms with E-state index in [1.54, 1.807) is 31.3 Å². The van der Waals surface area contributed by atoms with Gasteiger partial charge < -0.3 is 25.3 Å². The van der Waals surface area contributed by atoms with Crippen LogP contribution in [0.1, 0.15) is 38.5 Å². The first-order valence-electron chi connectivity index (χ1n) is 8.49. The van der Waals surface area contributed by atoms with Gasteiger partial charge in [-0.25, -0.2) is 0 Å². The van der Waals surface area contributed by atoms with Crippen LogP contribution in [-0.2, 0) is 4.79 Å². The molecule has 0 aliphatic heterocycles. The maximum absolute atomic E-state index is 11.9. The molecule has 1 atom stereocenters. The van der Waals surface area contributed by atoms with Gasteiger partial charge >= 0.3 is 0 Å². The molecule has 0 amide bonds. The van der Waals surface area contributed by atoms with Gasteiger partial charge in [0.25, 0.3) is 0 Å². The van der Waals surface area contributed by atoms with Crippen molar-refractivity contribution in [3.8, 4) is 11.5 Å². The average Bonchev–Trinajstić information content (AvgIpc) is 2.61. The molecule has 1 aromatic rings. The second kappa shape index (κ2) is 8.57. The van der Waals surface area contributed by atoms with Crippen molar-refractivity contribution in [2.24, 2.45) is 5.92 Å². The van der Waals surface area contributed by atoms with E-state index in [-0.39, 0.29) is 18.3 Å². The number of benzene rings is 1. The Balaban J connectivity index is 2.08. The largest absolute Gasteiger partial charge is 0.508 e. The summed E-state index contributed by atoms with van der Waals surface area (Å²) in [5.41, 5.74) is -0.931. The molecule has 4 N–H and O–H groups in total. The normalized spacial score (nSPS) is 17.5. The number of aldehydes is 1. The minimum Gasteiger partial charge on any atom is -0.508 e. The Morgan fingerprint density at radius 2 is 2.00 bits per heavy atom. The molecule has 0 heterocycles. The van der Waals surface area contributed by atoms with Gasteiger partial charge in [0.15, 0.2) is 5.96 Å². The van der Waals surface area contributed by atoms with Crippen LogP contribution in [0.15, 0.2) is 24.3 Å². The van der Waals surface area contributed by atoms with Gasteiger partial charge in [0.2, 0.25) is 0 Å². The van der Waals surface area contributed by atoms with E-state index >= 15 is 0 Å². The molecule has 0 bridgehead atoms. The van der Waals surface area contributed by atoms with E-state index in [0.29, 0.717) is 18.1 Å². The molecular weight excluding hydrogens is 306 g/mol. The van der Waals surface area contributed by atoms with Crippen LogP contribution >= 0.6 is 0 Å². The Labute approximate surface area is 143 Å². The van der Waals surface area contributed by atoms with E-state index < -0.39 is 5.54 Å². The summed E-state index contributed by atoms with van der Waals surface area (Å²) in [7, 11) is 1.65. The summed E-state index contributed by atoms with van der Waals surface area (Å²) in [6.07, 6.45) is 7.40. The van der Waals surface area contributed by atoms with Crippen molar-refractivity contribution in [2.45, 2.75) is 44.1 Å². The maximum Gasteiger partial charge on any atom is 0.189 e. The monoisotopic (exact) mass is 333 g/mol. The first-order valence-corrected chi connectivity index (χ1v) is 8.49. The zero-order valence-electron chi connectivity index (χ0n) is 14.2. The van der Waals surface area contributed by atoms with Crippen molar-refractivity contribution in [1.29, 1.82) is 5.41 Å². The fourth-order valence-electron chi connectivity index (χ4n) is 3.23. The number of guanidine groups is 1. The Bertz CT molecular complexity index is 541. The lowest BCUT2D eigenvalue weighted by molar-refractivity contribution is -0.114. The predicted molar refractivity (Wildman–Crippen MR) is 93.5 cm³/mol. The maximum atomic E-state index is 11.9. The van der Waals surface area contributed by atoms with Crippen LogP contribution in [0.2, 0.25) is 0 Å². The van der Waals surface area contributed by atoms with Gasteiger partial charge in [0.1, 0.15) is 29.9 Å². The van der Waals surface area contributed by atoms with Crippen LogP contribution in [-0.4, -0.2) is 36.5 Å². The summed E-state index contributed by atoms with van der Waals surface area (Å²) in [5, 5.41) is 22.9. The molecule has 24 heavy (non-hydrogen) atoms. The van der Waals surface area contributed by atoms with Gasteiger partial charge in [0, 0.05) is 7.05 Å². The van der Waals surface area contributed by atoms with Crippen LogP contribution in [0.25, 0.3) is 0 Å². The second-order valence-electron chi connectivity index (χ2n) is 6.51. The van der Waals surface area contributed by atoms with E-state index in [1.807, 2.05) is 0 Å². The standard InChI is InChI=1S/C18H27N3O3/c1-20-17(19)21-18(12-22,11-14-5-3-2-4-6-14)13-24-16-9-7-15(23)8-10-16/h7-10,12,14,23H,2-6,11,13H2,1H3,(H3,19,20,21). The summed E-state index contributed by atoms with van der Waals surface area (Å²) in [6.45, 7) is 0.141. The van der Waals surface area contributed by atoms with Crippen LogP contribution in [0.4, 0.5) is 0 Å². The molecule has 0 saturated heterocycles. The molecule has 1 saturated carbocycles. The van der Waals surface area contributed by atoms with Crippen LogP contribution in [0.3, 0.4) is 0 Å². The highest BCUT2D eigenvalue weighted by atomic mass is 16.5. The average molecular weight is 333 g/mol. The van der Waals surface area contributed by atoms with Gasteiger partial charge in [-0.05, 0) is 36.6 Å². The highest BCUT2D eigenvalue weighted by Gasteiger charge is 2.35. The number of aromatic hydroxyl groups is 1. The molecule has 1 aliphatic carbocycles. The summed E-state index contributed by atoms with van der Waals surface area (Å²) in [5.74, 6) is 1.32. The Hall–Kier alpha value is -2.24. The number of hydrogen-bond acceptors (Lipinski definition) is 4. The van der Waals surface area contributed by atoms with Crippen LogP contribution < -0.4 is 15.4 Å². The third-order valence-electron chi connectivity index (χ3n) is 4.56. The Morgan fingerprint density at radius 1 is 1.33 bits per heavy atom. The quantitative estimate of drug-likeness (QED) is 0.349. The highest BCUT2D eigenvalue weighted by molar-refractivity contribution is 5.82. The van der Waals surface area contributed by atoms with Crippen molar-refractivity contribution < 1.29 is 14.6 Å². The number of carbonyl (C=O) groups is 1. The summed E-state index contributed by atoms with van der Waals surface area (Å²) >= 11 is 0. The lowest BCUT2D eigenvalue weighted by Crippen LogP contribution is -2.57. The van der Waals surface area contributed by atoms with Crippen LogP contribution in [0.5, 0.6) is 11.5 Å². The first kappa shape index (κ1) is 18.1. The Morgan fingerprint density at radius 3 is 2.58 bits per heavy atom. The van der Waals surface area contributed by atoms with E-state index in [1.165, 1.54) is 19.3 Å². The topological polar surface area (TPSA) is 94.4 Å². The fraction of sp³-hybridized carbons (Fsp3) is 0.556. The number of phenols is 1. The van der Waals surface area contributed by atoms with Gasteiger partial charge in [-0.3, -0.25) is 5.41 Å². The summed E-state index contributed by atoms with van der Waals surface area (Å²) in [4.78, 5) is 11.9. The van der Waals surface area contributed by atoms with E-state index in [0.717, 1.165) is 19.1 Å². The number of nitrogens with one attached hydrogen (secondary N) is 3. The number of hydrogen-bond donors (Lipinski definition) is 4. The summed E-state index contributed by atoms with van der Waals surface area (Å²) in [6, 6.07) is 6.41. The van der Waals surface area contributed by atoms with E-state index in [4.69, 9.17) is 10.1 Å². The number of carbonyl (C=O) groups excluding carboxylic acids is 1. The molecule has 2 rings (SSSR count). The molecule has 6 nitrogen and oxygen atoms in total.